The second-order valence-corrected chi connectivity index (χ2v) is 12.9. The number of β-amino-alcohol motifs (C(OH)–C–C–N with tert-alkyl or cyclic N) is 1. The summed E-state index contributed by atoms with van der Waals surface area (Å²) in [5.74, 6) is 0. The van der Waals surface area contributed by atoms with Crippen molar-refractivity contribution < 1.29 is 23.1 Å². The first-order chi connectivity index (χ1) is 16.2. The third kappa shape index (κ3) is 6.78. The first-order valence-corrected chi connectivity index (χ1v) is 13.5. The van der Waals surface area contributed by atoms with Crippen molar-refractivity contribution in [2.45, 2.75) is 47.1 Å². The van der Waals surface area contributed by atoms with Gasteiger partial charge in [-0.1, -0.05) is 35.0 Å². The summed E-state index contributed by atoms with van der Waals surface area (Å²) in [6, 6.07) is 9.08. The Bertz CT molecular complexity index is 1250. The molecule has 1 amide bonds. The molecule has 0 spiro atoms. The summed E-state index contributed by atoms with van der Waals surface area (Å²) < 4.78 is 33.1. The van der Waals surface area contributed by atoms with Crippen molar-refractivity contribution >= 4 is 51.1 Å². The Kier molecular flexibility index (Phi) is 8.26. The average molecular weight is 559 g/mol. The van der Waals surface area contributed by atoms with Gasteiger partial charge in [0.2, 0.25) is 10.0 Å². The summed E-state index contributed by atoms with van der Waals surface area (Å²) in [5.41, 5.74) is -2.18. The Morgan fingerprint density at radius 1 is 1.37 bits per heavy atom. The zero-order chi connectivity index (χ0) is 26.0. The molecule has 13 heteroatoms. The molecule has 2 heterocycles. The van der Waals surface area contributed by atoms with Crippen LogP contribution in [0.15, 0.2) is 46.5 Å². The number of ether oxygens (including phenoxy) is 1. The summed E-state index contributed by atoms with van der Waals surface area (Å²) >= 11 is 13.2. The molecule has 188 valence electrons. The quantitative estimate of drug-likeness (QED) is 0.548. The van der Waals surface area contributed by atoms with Crippen LogP contribution in [0.25, 0.3) is 0 Å². The zero-order valence-corrected chi connectivity index (χ0v) is 22.3. The Hall–Kier alpha value is -2.07. The van der Waals surface area contributed by atoms with E-state index in [1.54, 1.807) is 32.9 Å². The van der Waals surface area contributed by atoms with E-state index in [0.29, 0.717) is 10.0 Å². The lowest BCUT2D eigenvalue weighted by atomic mass is 10.0. The highest BCUT2D eigenvalue weighted by Gasteiger charge is 2.50. The van der Waals surface area contributed by atoms with Crippen LogP contribution in [0.3, 0.4) is 0 Å². The maximum absolute atomic E-state index is 13.4. The molecule has 35 heavy (non-hydrogen) atoms. The van der Waals surface area contributed by atoms with E-state index < -0.39 is 32.6 Å². The summed E-state index contributed by atoms with van der Waals surface area (Å²) in [5, 5.41) is 23.2. The number of sulfonamides is 1. The molecule has 2 atom stereocenters. The first kappa shape index (κ1) is 27.5. The van der Waals surface area contributed by atoms with E-state index in [0.717, 1.165) is 16.1 Å². The van der Waals surface area contributed by atoms with Crippen LogP contribution in [0, 0.1) is 11.3 Å². The number of amides is 1. The van der Waals surface area contributed by atoms with Gasteiger partial charge in [0.05, 0.1) is 38.5 Å². The second-order valence-electron chi connectivity index (χ2n) is 8.93. The number of benzene rings is 1. The Morgan fingerprint density at radius 2 is 2.09 bits per heavy atom. The van der Waals surface area contributed by atoms with Crippen LogP contribution in [0.2, 0.25) is 10.0 Å². The third-order valence-electron chi connectivity index (χ3n) is 5.00. The lowest BCUT2D eigenvalue weighted by molar-refractivity contribution is 0.0336. The molecule has 1 aliphatic heterocycles. The highest BCUT2D eigenvalue weighted by Crippen LogP contribution is 2.39. The normalized spacial score (nSPS) is 20.9. The molecule has 0 radical (unpaired) electrons. The zero-order valence-electron chi connectivity index (χ0n) is 19.2. The summed E-state index contributed by atoms with van der Waals surface area (Å²) in [4.78, 5) is 16.2. The van der Waals surface area contributed by atoms with Gasteiger partial charge in [0.25, 0.3) is 0 Å². The number of carbonyl (C=O) groups excluding carboxylic acids is 1. The minimum absolute atomic E-state index is 0.0832. The molecule has 3 rings (SSSR count). The summed E-state index contributed by atoms with van der Waals surface area (Å²) in [7, 11) is -4.13. The van der Waals surface area contributed by atoms with Crippen molar-refractivity contribution in [3.05, 3.63) is 52.1 Å². The number of rotatable bonds is 6. The maximum atomic E-state index is 13.4. The molecule has 2 N–H and O–H groups in total. The molecule has 1 unspecified atom stereocenters. The number of carbonyl (C=O) groups is 1. The minimum Gasteiger partial charge on any atom is -0.444 e. The molecular formula is C22H24Cl2N4O5S2. The number of nitriles is 1. The Morgan fingerprint density at radius 3 is 2.66 bits per heavy atom. The minimum atomic E-state index is -4.13. The van der Waals surface area contributed by atoms with Gasteiger partial charge in [-0.05, 0) is 51.1 Å². The number of alkyl carbamates (subject to hydrolysis) is 1. The van der Waals surface area contributed by atoms with Gasteiger partial charge in [-0.15, -0.1) is 0 Å². The van der Waals surface area contributed by atoms with Crippen molar-refractivity contribution in [3.8, 4) is 6.07 Å². The fraction of sp³-hybridized carbons (Fsp3) is 0.409. The van der Waals surface area contributed by atoms with Gasteiger partial charge in [-0.25, -0.2) is 18.2 Å². The summed E-state index contributed by atoms with van der Waals surface area (Å²) in [6.07, 6.45) is 0.706. The number of hydrogen-bond acceptors (Lipinski definition) is 8. The number of aromatic nitrogens is 1. The molecule has 1 aliphatic rings. The smallest absolute Gasteiger partial charge is 0.407 e. The predicted molar refractivity (Wildman–Crippen MR) is 133 cm³/mol. The molecule has 1 aromatic heterocycles. The lowest BCUT2D eigenvalue weighted by Crippen LogP contribution is -2.51. The van der Waals surface area contributed by atoms with Crippen LogP contribution in [-0.4, -0.2) is 65.0 Å². The van der Waals surface area contributed by atoms with Crippen molar-refractivity contribution in [1.82, 2.24) is 14.6 Å². The Labute approximate surface area is 218 Å². The predicted octanol–water partition coefficient (Wildman–Crippen LogP) is 3.68. The topological polar surface area (TPSA) is 133 Å². The fourth-order valence-electron chi connectivity index (χ4n) is 3.36. The van der Waals surface area contributed by atoms with Crippen LogP contribution in [0.5, 0.6) is 0 Å². The standard InChI is InChI=1S/C22H24Cl2N4O5S2/c1-21(2,3)33-20(29)27-12-22(30)13-28(11-18(22)34-19-7-5-15(23)10-26-19)35(31,32)17-6-4-14(9-25)8-16(17)24/h4-8,10,18,30H,11-13H2,1-3H3,(H,27,29)/t18-,22?/m0/s1. The van der Waals surface area contributed by atoms with E-state index in [-0.39, 0.29) is 35.1 Å². The molecule has 1 fully saturated rings. The molecule has 0 bridgehead atoms. The highest BCUT2D eigenvalue weighted by atomic mass is 35.5. The molecule has 0 saturated carbocycles. The van der Waals surface area contributed by atoms with E-state index in [9.17, 15) is 18.3 Å². The number of hydrogen-bond donors (Lipinski definition) is 2. The van der Waals surface area contributed by atoms with Crippen LogP contribution in [-0.2, 0) is 14.8 Å². The van der Waals surface area contributed by atoms with Gasteiger partial charge >= 0.3 is 6.09 Å². The molecular weight excluding hydrogens is 535 g/mol. The highest BCUT2D eigenvalue weighted by molar-refractivity contribution is 8.00. The van der Waals surface area contributed by atoms with Crippen LogP contribution in [0.4, 0.5) is 4.79 Å². The lowest BCUT2D eigenvalue weighted by Gasteiger charge is -2.29. The third-order valence-corrected chi connectivity index (χ3v) is 8.87. The molecule has 9 nitrogen and oxygen atoms in total. The SMILES string of the molecule is CC(C)(C)OC(=O)NCC1(O)CN(S(=O)(=O)c2ccc(C#N)cc2Cl)C[C@@H]1Sc1ccc(Cl)cn1. The number of halogens is 2. The molecule has 1 aromatic carbocycles. The molecule has 2 aromatic rings. The van der Waals surface area contributed by atoms with Gasteiger partial charge < -0.3 is 15.2 Å². The number of nitrogens with zero attached hydrogens (tertiary/aromatic N) is 3. The van der Waals surface area contributed by atoms with Crippen molar-refractivity contribution in [2.75, 3.05) is 19.6 Å². The number of aliphatic hydroxyl groups is 1. The van der Waals surface area contributed by atoms with Gasteiger partial charge in [0.1, 0.15) is 16.1 Å². The van der Waals surface area contributed by atoms with E-state index in [4.69, 9.17) is 33.2 Å². The van der Waals surface area contributed by atoms with Crippen molar-refractivity contribution in [3.63, 3.8) is 0 Å². The van der Waals surface area contributed by atoms with E-state index in [1.165, 1.54) is 24.4 Å². The Balaban J connectivity index is 1.89. The first-order valence-electron chi connectivity index (χ1n) is 10.4. The molecule has 0 aliphatic carbocycles. The van der Waals surface area contributed by atoms with Gasteiger partial charge in [-0.2, -0.15) is 9.57 Å². The van der Waals surface area contributed by atoms with E-state index >= 15 is 0 Å². The van der Waals surface area contributed by atoms with Gasteiger partial charge in [0.15, 0.2) is 0 Å². The fourth-order valence-corrected chi connectivity index (χ4v) is 6.79. The number of pyridine rings is 1. The van der Waals surface area contributed by atoms with Crippen molar-refractivity contribution in [1.29, 1.82) is 5.26 Å². The number of nitrogens with one attached hydrogen (secondary N) is 1. The van der Waals surface area contributed by atoms with E-state index in [1.807, 2.05) is 6.07 Å². The van der Waals surface area contributed by atoms with Gasteiger partial charge in [0, 0.05) is 19.3 Å². The van der Waals surface area contributed by atoms with Gasteiger partial charge in [-0.3, -0.25) is 0 Å². The maximum Gasteiger partial charge on any atom is 0.407 e. The van der Waals surface area contributed by atoms with Crippen molar-refractivity contribution in [2.24, 2.45) is 0 Å². The largest absolute Gasteiger partial charge is 0.444 e. The average Bonchev–Trinajstić information content (AvgIpc) is 3.10. The van der Waals surface area contributed by atoms with Crippen LogP contribution < -0.4 is 5.32 Å². The van der Waals surface area contributed by atoms with Crippen LogP contribution in [0.1, 0.15) is 26.3 Å². The van der Waals surface area contributed by atoms with Crippen LogP contribution >= 0.6 is 35.0 Å². The monoisotopic (exact) mass is 558 g/mol. The molecule has 1 saturated heterocycles. The number of thioether (sulfide) groups is 1. The summed E-state index contributed by atoms with van der Waals surface area (Å²) in [6.45, 7) is 4.46. The second kappa shape index (κ2) is 10.5. The van der Waals surface area contributed by atoms with E-state index in [2.05, 4.69) is 10.3 Å².